The lowest BCUT2D eigenvalue weighted by atomic mass is 9.85. The molecule has 0 bridgehead atoms. The number of hydrogen-bond donors (Lipinski definition) is 1. The molecule has 1 amide bonds. The molecule has 5 rings (SSSR count). The Morgan fingerprint density at radius 3 is 2.54 bits per heavy atom. The molecule has 0 spiro atoms. The predicted octanol–water partition coefficient (Wildman–Crippen LogP) is 6.33. The molecule has 2 heterocycles. The van der Waals surface area contributed by atoms with Gasteiger partial charge in [-0.05, 0) is 77.8 Å². The number of benzene rings is 3. The lowest BCUT2D eigenvalue weighted by Gasteiger charge is -2.27. The minimum Gasteiger partial charge on any atom is -0.507 e. The van der Waals surface area contributed by atoms with Gasteiger partial charge in [0.15, 0.2) is 0 Å². The number of ether oxygens (including phenoxy) is 2. The molecule has 1 saturated heterocycles. The van der Waals surface area contributed by atoms with E-state index in [1.54, 1.807) is 11.0 Å². The number of amides is 1. The van der Waals surface area contributed by atoms with Gasteiger partial charge in [-0.15, -0.1) is 0 Å². The van der Waals surface area contributed by atoms with Gasteiger partial charge in [0, 0.05) is 12.1 Å². The highest BCUT2D eigenvalue weighted by Gasteiger charge is 2.46. The smallest absolute Gasteiger partial charge is 0.295 e. The van der Waals surface area contributed by atoms with Gasteiger partial charge in [-0.3, -0.25) is 9.59 Å². The maximum atomic E-state index is 13.5. The zero-order valence-corrected chi connectivity index (χ0v) is 23.0. The highest BCUT2D eigenvalue weighted by atomic mass is 16.5. The lowest BCUT2D eigenvalue weighted by Crippen LogP contribution is -2.29. The molecule has 1 unspecified atom stereocenters. The third-order valence-electron chi connectivity index (χ3n) is 7.38. The maximum Gasteiger partial charge on any atom is 0.295 e. The molecule has 6 nitrogen and oxygen atoms in total. The number of aryl methyl sites for hydroxylation is 1. The summed E-state index contributed by atoms with van der Waals surface area (Å²) < 4.78 is 11.4. The zero-order valence-electron chi connectivity index (χ0n) is 23.0. The zero-order chi connectivity index (χ0) is 27.7. The fourth-order valence-corrected chi connectivity index (χ4v) is 5.32. The summed E-state index contributed by atoms with van der Waals surface area (Å²) in [7, 11) is 0. The summed E-state index contributed by atoms with van der Waals surface area (Å²) in [6.07, 6.45) is 1.72. The monoisotopic (exact) mass is 525 g/mol. The van der Waals surface area contributed by atoms with E-state index in [-0.39, 0.29) is 23.3 Å². The second kappa shape index (κ2) is 10.6. The molecule has 0 saturated carbocycles. The summed E-state index contributed by atoms with van der Waals surface area (Å²) in [5.74, 6) is 0.00441. The number of Topliss-reactive ketones (excluding diaryl/α,β-unsaturated/α-hetero) is 1. The van der Waals surface area contributed by atoms with E-state index in [2.05, 4.69) is 20.8 Å². The minimum absolute atomic E-state index is 0.0503. The van der Waals surface area contributed by atoms with Crippen LogP contribution in [0.15, 0.2) is 72.3 Å². The van der Waals surface area contributed by atoms with Crippen LogP contribution in [-0.4, -0.2) is 34.9 Å². The van der Waals surface area contributed by atoms with Gasteiger partial charge >= 0.3 is 0 Å². The highest BCUT2D eigenvalue weighted by Crippen LogP contribution is 2.41. The Morgan fingerprint density at radius 2 is 1.82 bits per heavy atom. The molecule has 6 heteroatoms. The number of carbonyl (C=O) groups is 2. The van der Waals surface area contributed by atoms with Crippen LogP contribution in [0.5, 0.6) is 11.5 Å². The Hall–Kier alpha value is -4.06. The van der Waals surface area contributed by atoms with E-state index in [4.69, 9.17) is 9.47 Å². The van der Waals surface area contributed by atoms with Gasteiger partial charge in [0.1, 0.15) is 17.3 Å². The van der Waals surface area contributed by atoms with Crippen LogP contribution in [0.4, 0.5) is 0 Å². The predicted molar refractivity (Wildman–Crippen MR) is 151 cm³/mol. The first-order chi connectivity index (χ1) is 18.7. The van der Waals surface area contributed by atoms with Crippen molar-refractivity contribution in [1.82, 2.24) is 4.90 Å². The highest BCUT2D eigenvalue weighted by molar-refractivity contribution is 6.46. The van der Waals surface area contributed by atoms with E-state index in [0.717, 1.165) is 40.8 Å². The molecule has 39 heavy (non-hydrogen) atoms. The van der Waals surface area contributed by atoms with Crippen LogP contribution in [0, 0.1) is 0 Å². The van der Waals surface area contributed by atoms with E-state index in [1.165, 1.54) is 0 Å². The average Bonchev–Trinajstić information content (AvgIpc) is 3.17. The summed E-state index contributed by atoms with van der Waals surface area (Å²) >= 11 is 0. The standard InChI is InChI=1S/C33H35NO5/c1-5-38-26-10-6-8-21(18-26)20-34-29(22-11-14-25(15-12-22)33(2,3)4)28(31(36)32(34)37)30(35)24-13-16-27-23(19-24)9-7-17-39-27/h6,8,10-16,18-19,29,35H,5,7,9,17,20H2,1-4H3/b30-28-. The van der Waals surface area contributed by atoms with Crippen LogP contribution in [0.3, 0.4) is 0 Å². The largest absolute Gasteiger partial charge is 0.507 e. The third-order valence-corrected chi connectivity index (χ3v) is 7.38. The number of hydrogen-bond acceptors (Lipinski definition) is 5. The lowest BCUT2D eigenvalue weighted by molar-refractivity contribution is -0.140. The fraction of sp³-hybridized carbons (Fsp3) is 0.333. The first-order valence-corrected chi connectivity index (χ1v) is 13.5. The molecular formula is C33H35NO5. The summed E-state index contributed by atoms with van der Waals surface area (Å²) in [6.45, 7) is 9.72. The van der Waals surface area contributed by atoms with E-state index in [0.29, 0.717) is 24.5 Å². The molecule has 202 valence electrons. The number of likely N-dealkylation sites (tertiary alicyclic amines) is 1. The number of aliphatic hydroxyl groups excluding tert-OH is 1. The van der Waals surface area contributed by atoms with Crippen molar-refractivity contribution in [3.63, 3.8) is 0 Å². The number of nitrogens with zero attached hydrogens (tertiary/aromatic N) is 1. The molecule has 1 atom stereocenters. The van der Waals surface area contributed by atoms with E-state index < -0.39 is 17.7 Å². The number of carbonyl (C=O) groups excluding carboxylic acids is 2. The van der Waals surface area contributed by atoms with Gasteiger partial charge in [0.2, 0.25) is 0 Å². The Balaban J connectivity index is 1.61. The molecule has 0 aromatic heterocycles. The van der Waals surface area contributed by atoms with Crippen molar-refractivity contribution in [2.24, 2.45) is 0 Å². The Labute approximate surface area is 229 Å². The topological polar surface area (TPSA) is 76.1 Å². The number of ketones is 1. The van der Waals surface area contributed by atoms with Gasteiger partial charge in [0.25, 0.3) is 11.7 Å². The van der Waals surface area contributed by atoms with Crippen molar-refractivity contribution >= 4 is 17.4 Å². The van der Waals surface area contributed by atoms with Crippen molar-refractivity contribution in [2.45, 2.75) is 58.5 Å². The van der Waals surface area contributed by atoms with Gasteiger partial charge < -0.3 is 19.5 Å². The summed E-state index contributed by atoms with van der Waals surface area (Å²) in [5, 5.41) is 11.5. The van der Waals surface area contributed by atoms with Gasteiger partial charge in [-0.25, -0.2) is 0 Å². The summed E-state index contributed by atoms with van der Waals surface area (Å²) in [5.41, 5.74) is 4.29. The number of aliphatic hydroxyl groups is 1. The summed E-state index contributed by atoms with van der Waals surface area (Å²) in [4.78, 5) is 28.6. The van der Waals surface area contributed by atoms with Crippen molar-refractivity contribution in [3.8, 4) is 11.5 Å². The average molecular weight is 526 g/mol. The van der Waals surface area contributed by atoms with Crippen LogP contribution in [0.2, 0.25) is 0 Å². The fourth-order valence-electron chi connectivity index (χ4n) is 5.32. The van der Waals surface area contributed by atoms with Gasteiger partial charge in [0.05, 0.1) is 24.8 Å². The minimum atomic E-state index is -0.734. The first-order valence-electron chi connectivity index (χ1n) is 13.5. The van der Waals surface area contributed by atoms with E-state index in [1.807, 2.05) is 67.6 Å². The van der Waals surface area contributed by atoms with Gasteiger partial charge in [-0.1, -0.05) is 57.2 Å². The van der Waals surface area contributed by atoms with Crippen LogP contribution in [0.1, 0.15) is 68.0 Å². The first kappa shape index (κ1) is 26.5. The van der Waals surface area contributed by atoms with Crippen molar-refractivity contribution < 1.29 is 24.2 Å². The molecule has 3 aromatic carbocycles. The Kier molecular flexibility index (Phi) is 7.21. The number of fused-ring (bicyclic) bond motifs is 1. The van der Waals surface area contributed by atoms with Gasteiger partial charge in [-0.2, -0.15) is 0 Å². The summed E-state index contributed by atoms with van der Waals surface area (Å²) in [6, 6.07) is 20.2. The van der Waals surface area contributed by atoms with Crippen molar-refractivity contribution in [2.75, 3.05) is 13.2 Å². The molecule has 3 aromatic rings. The molecule has 0 radical (unpaired) electrons. The van der Waals surface area contributed by atoms with Crippen LogP contribution in [0.25, 0.3) is 5.76 Å². The number of rotatable bonds is 6. The molecule has 2 aliphatic rings. The molecular weight excluding hydrogens is 490 g/mol. The molecule has 1 N–H and O–H groups in total. The Bertz CT molecular complexity index is 1430. The quantitative estimate of drug-likeness (QED) is 0.231. The SMILES string of the molecule is CCOc1cccc(CN2C(=O)C(=O)/C(=C(\O)c3ccc4c(c3)CCCO4)C2c2ccc(C(C)(C)C)cc2)c1. The van der Waals surface area contributed by atoms with E-state index >= 15 is 0 Å². The maximum absolute atomic E-state index is 13.5. The van der Waals surface area contributed by atoms with Crippen LogP contribution < -0.4 is 9.47 Å². The second-order valence-corrected chi connectivity index (χ2v) is 11.2. The molecule has 0 aliphatic carbocycles. The van der Waals surface area contributed by atoms with Crippen molar-refractivity contribution in [1.29, 1.82) is 0 Å². The second-order valence-electron chi connectivity index (χ2n) is 11.2. The Morgan fingerprint density at radius 1 is 1.05 bits per heavy atom. The van der Waals surface area contributed by atoms with Crippen LogP contribution in [-0.2, 0) is 28.0 Å². The van der Waals surface area contributed by atoms with E-state index in [9.17, 15) is 14.7 Å². The third kappa shape index (κ3) is 5.29. The molecule has 1 fully saturated rings. The van der Waals surface area contributed by atoms with Crippen molar-refractivity contribution in [3.05, 3.63) is 100 Å². The van der Waals surface area contributed by atoms with Crippen LogP contribution >= 0.6 is 0 Å². The normalized spacial score (nSPS) is 18.6. The molecule has 2 aliphatic heterocycles.